The van der Waals surface area contributed by atoms with Crippen LogP contribution in [0.25, 0.3) is 0 Å². The molecule has 0 rings (SSSR count). The molecule has 0 aliphatic carbocycles. The Balaban J connectivity index is 2.82. The summed E-state index contributed by atoms with van der Waals surface area (Å²) in [5.41, 5.74) is 0. The van der Waals surface area contributed by atoms with E-state index in [1.54, 1.807) is 0 Å². The molecular formula is C10H21BrO. The van der Waals surface area contributed by atoms with Crippen molar-refractivity contribution in [3.05, 3.63) is 0 Å². The third-order valence-corrected chi connectivity index (χ3v) is 2.11. The minimum absolute atomic E-state index is 0.216. The molecule has 0 bridgehead atoms. The van der Waals surface area contributed by atoms with E-state index < -0.39 is 0 Å². The lowest BCUT2D eigenvalue weighted by molar-refractivity contribution is 0.124. The van der Waals surface area contributed by atoms with Gasteiger partial charge in [-0.25, -0.2) is 0 Å². The van der Waals surface area contributed by atoms with Gasteiger partial charge >= 0.3 is 0 Å². The van der Waals surface area contributed by atoms with E-state index >= 15 is 0 Å². The van der Waals surface area contributed by atoms with Crippen molar-refractivity contribution in [2.45, 2.75) is 57.4 Å². The molecule has 74 valence electrons. The van der Waals surface area contributed by atoms with Crippen LogP contribution in [0.2, 0.25) is 0 Å². The van der Waals surface area contributed by atoms with Crippen molar-refractivity contribution in [3.8, 4) is 0 Å². The SMILES string of the molecule is CCCCCCCCOC(C)Br. The molecule has 0 aromatic rings. The van der Waals surface area contributed by atoms with Crippen LogP contribution in [0.4, 0.5) is 0 Å². The van der Waals surface area contributed by atoms with E-state index in [1.165, 1.54) is 38.5 Å². The second-order valence-electron chi connectivity index (χ2n) is 3.18. The number of ether oxygens (including phenoxy) is 1. The molecule has 1 atom stereocenters. The molecule has 0 heterocycles. The standard InChI is InChI=1S/C10H21BrO/c1-3-4-5-6-7-8-9-12-10(2)11/h10H,3-9H2,1-2H3. The zero-order valence-electron chi connectivity index (χ0n) is 8.31. The Morgan fingerprint density at radius 2 is 1.67 bits per heavy atom. The first-order valence-corrected chi connectivity index (χ1v) is 5.94. The highest BCUT2D eigenvalue weighted by Gasteiger charge is 1.94. The van der Waals surface area contributed by atoms with Crippen molar-refractivity contribution >= 4 is 15.9 Å². The summed E-state index contributed by atoms with van der Waals surface area (Å²) in [4.78, 5) is 0. The second-order valence-corrected chi connectivity index (χ2v) is 4.47. The average Bonchev–Trinajstić information content (AvgIpc) is 2.02. The number of hydrogen-bond acceptors (Lipinski definition) is 1. The summed E-state index contributed by atoms with van der Waals surface area (Å²) in [6, 6.07) is 0. The summed E-state index contributed by atoms with van der Waals surface area (Å²) in [6.07, 6.45) is 8.00. The Morgan fingerprint density at radius 1 is 1.08 bits per heavy atom. The van der Waals surface area contributed by atoms with Crippen LogP contribution in [0.1, 0.15) is 52.4 Å². The van der Waals surface area contributed by atoms with Gasteiger partial charge in [-0.3, -0.25) is 0 Å². The third-order valence-electron chi connectivity index (χ3n) is 1.85. The van der Waals surface area contributed by atoms with Crippen molar-refractivity contribution in [3.63, 3.8) is 0 Å². The first-order valence-electron chi connectivity index (χ1n) is 5.03. The molecule has 1 nitrogen and oxygen atoms in total. The van der Waals surface area contributed by atoms with E-state index in [9.17, 15) is 0 Å². The monoisotopic (exact) mass is 236 g/mol. The number of alkyl halides is 1. The molecule has 0 aromatic carbocycles. The molecule has 0 saturated carbocycles. The van der Waals surface area contributed by atoms with Crippen molar-refractivity contribution in [1.29, 1.82) is 0 Å². The van der Waals surface area contributed by atoms with Gasteiger partial charge in [0, 0.05) is 6.61 Å². The van der Waals surface area contributed by atoms with Gasteiger partial charge in [0.15, 0.2) is 0 Å². The van der Waals surface area contributed by atoms with E-state index in [0.717, 1.165) is 6.61 Å². The van der Waals surface area contributed by atoms with Crippen LogP contribution in [-0.2, 0) is 4.74 Å². The van der Waals surface area contributed by atoms with Crippen LogP contribution in [-0.4, -0.2) is 11.6 Å². The zero-order valence-corrected chi connectivity index (χ0v) is 9.90. The summed E-state index contributed by atoms with van der Waals surface area (Å²) >= 11 is 3.35. The fraction of sp³-hybridized carbons (Fsp3) is 1.00. The van der Waals surface area contributed by atoms with Crippen molar-refractivity contribution in [2.24, 2.45) is 0 Å². The van der Waals surface area contributed by atoms with Gasteiger partial charge < -0.3 is 4.74 Å². The van der Waals surface area contributed by atoms with Gasteiger partial charge in [0.05, 0.1) is 0 Å². The zero-order chi connectivity index (χ0) is 9.23. The summed E-state index contributed by atoms with van der Waals surface area (Å²) in [5.74, 6) is 0. The second kappa shape index (κ2) is 9.53. The highest BCUT2D eigenvalue weighted by Crippen LogP contribution is 2.06. The summed E-state index contributed by atoms with van der Waals surface area (Å²) < 4.78 is 5.37. The van der Waals surface area contributed by atoms with Crippen LogP contribution >= 0.6 is 15.9 Å². The van der Waals surface area contributed by atoms with Crippen LogP contribution in [0.15, 0.2) is 0 Å². The van der Waals surface area contributed by atoms with E-state index in [0.29, 0.717) is 0 Å². The molecule has 2 heteroatoms. The van der Waals surface area contributed by atoms with Crippen LogP contribution in [0.5, 0.6) is 0 Å². The third kappa shape index (κ3) is 10.4. The van der Waals surface area contributed by atoms with Crippen LogP contribution < -0.4 is 0 Å². The maximum Gasteiger partial charge on any atom is 0.109 e. The number of hydrogen-bond donors (Lipinski definition) is 0. The predicted molar refractivity (Wildman–Crippen MR) is 57.7 cm³/mol. The Morgan fingerprint density at radius 3 is 2.25 bits per heavy atom. The van der Waals surface area contributed by atoms with Gasteiger partial charge in [-0.2, -0.15) is 0 Å². The quantitative estimate of drug-likeness (QED) is 0.456. The molecule has 0 aromatic heterocycles. The molecule has 0 N–H and O–H groups in total. The lowest BCUT2D eigenvalue weighted by atomic mass is 10.1. The maximum atomic E-state index is 5.37. The van der Waals surface area contributed by atoms with Crippen molar-refractivity contribution < 1.29 is 4.74 Å². The van der Waals surface area contributed by atoms with Gasteiger partial charge in [0.2, 0.25) is 0 Å². The Hall–Kier alpha value is 0.440. The minimum atomic E-state index is 0.216. The minimum Gasteiger partial charge on any atom is -0.367 e. The van der Waals surface area contributed by atoms with Crippen molar-refractivity contribution in [1.82, 2.24) is 0 Å². The van der Waals surface area contributed by atoms with Gasteiger partial charge in [-0.05, 0) is 13.3 Å². The van der Waals surface area contributed by atoms with E-state index in [2.05, 4.69) is 22.9 Å². The number of rotatable bonds is 8. The highest BCUT2D eigenvalue weighted by molar-refractivity contribution is 9.09. The van der Waals surface area contributed by atoms with E-state index in [-0.39, 0.29) is 5.01 Å². The molecule has 0 spiro atoms. The normalized spacial score (nSPS) is 13.2. The topological polar surface area (TPSA) is 9.23 Å². The fourth-order valence-electron chi connectivity index (χ4n) is 1.13. The molecule has 12 heavy (non-hydrogen) atoms. The summed E-state index contributed by atoms with van der Waals surface area (Å²) in [5, 5.41) is 0.216. The van der Waals surface area contributed by atoms with Crippen LogP contribution in [0, 0.1) is 0 Å². The maximum absolute atomic E-state index is 5.37. The number of halogens is 1. The Kier molecular flexibility index (Phi) is 9.88. The van der Waals surface area contributed by atoms with E-state index in [4.69, 9.17) is 4.74 Å². The van der Waals surface area contributed by atoms with Gasteiger partial charge in [-0.1, -0.05) is 55.0 Å². The molecular weight excluding hydrogens is 216 g/mol. The summed E-state index contributed by atoms with van der Waals surface area (Å²) in [7, 11) is 0. The van der Waals surface area contributed by atoms with Gasteiger partial charge in [0.1, 0.15) is 5.01 Å². The first kappa shape index (κ1) is 12.4. The van der Waals surface area contributed by atoms with Gasteiger partial charge in [0.25, 0.3) is 0 Å². The van der Waals surface area contributed by atoms with E-state index in [1.807, 2.05) is 6.92 Å². The lowest BCUT2D eigenvalue weighted by Gasteiger charge is -2.05. The molecule has 0 amide bonds. The first-order chi connectivity index (χ1) is 5.77. The lowest BCUT2D eigenvalue weighted by Crippen LogP contribution is -2.00. The van der Waals surface area contributed by atoms with Crippen LogP contribution in [0.3, 0.4) is 0 Å². The smallest absolute Gasteiger partial charge is 0.109 e. The van der Waals surface area contributed by atoms with Crippen molar-refractivity contribution in [2.75, 3.05) is 6.61 Å². The molecule has 0 aliphatic rings. The largest absolute Gasteiger partial charge is 0.367 e. The van der Waals surface area contributed by atoms with Gasteiger partial charge in [-0.15, -0.1) is 0 Å². The average molecular weight is 237 g/mol. The molecule has 1 unspecified atom stereocenters. The summed E-state index contributed by atoms with van der Waals surface area (Å²) in [6.45, 7) is 5.16. The fourth-order valence-corrected chi connectivity index (χ4v) is 1.32. The number of unbranched alkanes of at least 4 members (excludes halogenated alkanes) is 5. The molecule has 0 saturated heterocycles. The Labute approximate surface area is 85.0 Å². The molecule has 0 fully saturated rings. The predicted octanol–water partition coefficient (Wildman–Crippen LogP) is 4.10. The molecule has 0 radical (unpaired) electrons. The Bertz CT molecular complexity index is 83.9. The highest BCUT2D eigenvalue weighted by atomic mass is 79.9. The molecule has 0 aliphatic heterocycles.